The molecule has 0 spiro atoms. The van der Waals surface area contributed by atoms with Crippen LogP contribution in [-0.2, 0) is 9.59 Å². The molecular weight excluding hydrogens is 477 g/mol. The molecule has 1 fully saturated rings. The number of para-hydroxylation sites is 1. The quantitative estimate of drug-likeness (QED) is 0.326. The predicted octanol–water partition coefficient (Wildman–Crippen LogP) is 2.50. The zero-order valence-corrected chi connectivity index (χ0v) is 16.9. The van der Waals surface area contributed by atoms with Gasteiger partial charge >= 0.3 is 6.03 Å². The Kier molecular flexibility index (Phi) is 6.14. The summed E-state index contributed by atoms with van der Waals surface area (Å²) in [5.74, 6) is 0.00170. The number of hydrogen-bond donors (Lipinski definition) is 3. The molecule has 28 heavy (non-hydrogen) atoms. The largest absolute Gasteiger partial charge is 0.493 e. The molecule has 3 N–H and O–H groups in total. The first kappa shape index (κ1) is 19.7. The molecule has 0 aliphatic carbocycles. The first-order chi connectivity index (χ1) is 13.5. The number of amides is 4. The van der Waals surface area contributed by atoms with Gasteiger partial charge in [0.1, 0.15) is 5.70 Å². The Bertz CT molecular complexity index is 960. The van der Waals surface area contributed by atoms with E-state index in [0.29, 0.717) is 26.3 Å². The second-order valence-corrected chi connectivity index (χ2v) is 6.87. The maximum absolute atomic E-state index is 12.1. The number of hydrogen-bond acceptors (Lipinski definition) is 5. The molecule has 0 radical (unpaired) electrons. The number of imide groups is 1. The van der Waals surface area contributed by atoms with Gasteiger partial charge in [0.2, 0.25) is 0 Å². The van der Waals surface area contributed by atoms with E-state index in [9.17, 15) is 14.4 Å². The van der Waals surface area contributed by atoms with Crippen LogP contribution in [0.2, 0.25) is 0 Å². The Labute approximate surface area is 174 Å². The van der Waals surface area contributed by atoms with E-state index in [1.54, 1.807) is 24.3 Å². The number of nitrogens with one attached hydrogen (secondary N) is 3. The Morgan fingerprint density at radius 2 is 1.93 bits per heavy atom. The third-order valence-electron chi connectivity index (χ3n) is 3.69. The van der Waals surface area contributed by atoms with Gasteiger partial charge in [-0.25, -0.2) is 4.79 Å². The van der Waals surface area contributed by atoms with Crippen molar-refractivity contribution in [2.75, 3.05) is 19.0 Å². The number of halogens is 1. The van der Waals surface area contributed by atoms with Gasteiger partial charge in [0.15, 0.2) is 18.1 Å². The van der Waals surface area contributed by atoms with Crippen molar-refractivity contribution in [2.24, 2.45) is 0 Å². The Balaban J connectivity index is 1.73. The molecule has 1 saturated heterocycles. The Morgan fingerprint density at radius 1 is 1.18 bits per heavy atom. The van der Waals surface area contributed by atoms with E-state index in [1.807, 2.05) is 40.8 Å². The summed E-state index contributed by atoms with van der Waals surface area (Å²) in [6, 6.07) is 11.9. The van der Waals surface area contributed by atoms with E-state index in [4.69, 9.17) is 9.47 Å². The summed E-state index contributed by atoms with van der Waals surface area (Å²) < 4.78 is 11.7. The minimum atomic E-state index is -0.567. The summed E-state index contributed by atoms with van der Waals surface area (Å²) in [7, 11) is 1.48. The smallest absolute Gasteiger partial charge is 0.326 e. The molecule has 0 unspecified atom stereocenters. The van der Waals surface area contributed by atoms with E-state index < -0.39 is 11.9 Å². The van der Waals surface area contributed by atoms with Gasteiger partial charge in [-0.2, -0.15) is 0 Å². The zero-order valence-electron chi connectivity index (χ0n) is 14.7. The van der Waals surface area contributed by atoms with Gasteiger partial charge in [-0.3, -0.25) is 14.9 Å². The van der Waals surface area contributed by atoms with Crippen LogP contribution in [0.5, 0.6) is 11.5 Å². The Hall–Kier alpha value is -3.08. The standard InChI is InChI=1S/C19H16IN3O5/c1-27-15-9-11(8-14-18(25)23-19(26)22-14)7-13(20)17(15)28-10-16(24)21-12-5-3-2-4-6-12/h2-9H,10H2,1H3,(H,21,24)(H2,22,23,25,26). The summed E-state index contributed by atoms with van der Waals surface area (Å²) in [5, 5.41) is 7.29. The van der Waals surface area contributed by atoms with Crippen LogP contribution in [0, 0.1) is 3.57 Å². The second-order valence-electron chi connectivity index (χ2n) is 5.70. The highest BCUT2D eigenvalue weighted by molar-refractivity contribution is 14.1. The molecule has 2 aromatic rings. The minimum Gasteiger partial charge on any atom is -0.493 e. The number of anilines is 1. The predicted molar refractivity (Wildman–Crippen MR) is 111 cm³/mol. The number of carbonyl (C=O) groups is 3. The maximum Gasteiger partial charge on any atom is 0.326 e. The molecule has 2 aromatic carbocycles. The normalized spacial score (nSPS) is 14.4. The van der Waals surface area contributed by atoms with Gasteiger partial charge in [0.05, 0.1) is 10.7 Å². The first-order valence-electron chi connectivity index (χ1n) is 8.15. The molecular formula is C19H16IN3O5. The van der Waals surface area contributed by atoms with Crippen molar-refractivity contribution in [1.29, 1.82) is 0 Å². The molecule has 3 rings (SSSR count). The molecule has 0 saturated carbocycles. The molecule has 0 atom stereocenters. The lowest BCUT2D eigenvalue weighted by molar-refractivity contribution is -0.118. The number of benzene rings is 2. The highest BCUT2D eigenvalue weighted by Crippen LogP contribution is 2.34. The number of carbonyl (C=O) groups excluding carboxylic acids is 3. The van der Waals surface area contributed by atoms with Gasteiger partial charge in [-0.05, 0) is 58.5 Å². The monoisotopic (exact) mass is 493 g/mol. The van der Waals surface area contributed by atoms with E-state index in [-0.39, 0.29) is 18.2 Å². The average Bonchev–Trinajstić information content (AvgIpc) is 2.98. The van der Waals surface area contributed by atoms with E-state index >= 15 is 0 Å². The highest BCUT2D eigenvalue weighted by atomic mass is 127. The molecule has 1 aliphatic heterocycles. The van der Waals surface area contributed by atoms with Crippen molar-refractivity contribution in [3.63, 3.8) is 0 Å². The summed E-state index contributed by atoms with van der Waals surface area (Å²) >= 11 is 2.05. The van der Waals surface area contributed by atoms with Crippen molar-refractivity contribution in [2.45, 2.75) is 0 Å². The second kappa shape index (κ2) is 8.74. The van der Waals surface area contributed by atoms with Crippen LogP contribution >= 0.6 is 22.6 Å². The summed E-state index contributed by atoms with van der Waals surface area (Å²) in [6.45, 7) is -0.194. The molecule has 144 valence electrons. The number of rotatable bonds is 6. The lowest BCUT2D eigenvalue weighted by Gasteiger charge is -2.14. The van der Waals surface area contributed by atoms with Crippen LogP contribution in [0.4, 0.5) is 10.5 Å². The van der Waals surface area contributed by atoms with Crippen LogP contribution < -0.4 is 25.4 Å². The van der Waals surface area contributed by atoms with Crippen LogP contribution in [0.15, 0.2) is 48.2 Å². The van der Waals surface area contributed by atoms with Crippen molar-refractivity contribution in [3.05, 3.63) is 57.3 Å². The molecule has 4 amide bonds. The van der Waals surface area contributed by atoms with E-state index in [0.717, 1.165) is 0 Å². The van der Waals surface area contributed by atoms with Crippen molar-refractivity contribution in [1.82, 2.24) is 10.6 Å². The number of methoxy groups -OCH3 is 1. The zero-order chi connectivity index (χ0) is 20.1. The van der Waals surface area contributed by atoms with Crippen molar-refractivity contribution >= 4 is 52.2 Å². The van der Waals surface area contributed by atoms with Gasteiger partial charge in [0, 0.05) is 5.69 Å². The summed E-state index contributed by atoms with van der Waals surface area (Å²) in [4.78, 5) is 35.0. The molecule has 0 bridgehead atoms. The van der Waals surface area contributed by atoms with Crippen LogP contribution in [0.25, 0.3) is 6.08 Å². The van der Waals surface area contributed by atoms with Gasteiger partial charge in [-0.1, -0.05) is 18.2 Å². The number of ether oxygens (including phenoxy) is 2. The van der Waals surface area contributed by atoms with Crippen molar-refractivity contribution in [3.8, 4) is 11.5 Å². The topological polar surface area (TPSA) is 106 Å². The molecule has 9 heteroatoms. The third kappa shape index (κ3) is 4.80. The third-order valence-corrected chi connectivity index (χ3v) is 4.49. The van der Waals surface area contributed by atoms with Crippen LogP contribution in [-0.4, -0.2) is 31.6 Å². The lowest BCUT2D eigenvalue weighted by Crippen LogP contribution is -2.22. The highest BCUT2D eigenvalue weighted by Gasteiger charge is 2.23. The van der Waals surface area contributed by atoms with Gasteiger partial charge in [0.25, 0.3) is 11.8 Å². The molecule has 8 nitrogen and oxygen atoms in total. The van der Waals surface area contributed by atoms with Gasteiger partial charge in [-0.15, -0.1) is 0 Å². The summed E-state index contributed by atoms with van der Waals surface area (Å²) in [6.07, 6.45) is 1.52. The lowest BCUT2D eigenvalue weighted by atomic mass is 10.1. The van der Waals surface area contributed by atoms with E-state index in [2.05, 4.69) is 16.0 Å². The van der Waals surface area contributed by atoms with Crippen LogP contribution in [0.3, 0.4) is 0 Å². The minimum absolute atomic E-state index is 0.138. The SMILES string of the molecule is COc1cc(C=C2NC(=O)NC2=O)cc(I)c1OCC(=O)Nc1ccccc1. The fourth-order valence-electron chi connectivity index (χ4n) is 2.47. The molecule has 1 heterocycles. The molecule has 1 aliphatic rings. The fraction of sp³-hybridized carbons (Fsp3) is 0.105. The summed E-state index contributed by atoms with van der Waals surface area (Å²) in [5.41, 5.74) is 1.45. The Morgan fingerprint density at radius 3 is 2.57 bits per heavy atom. The van der Waals surface area contributed by atoms with E-state index in [1.165, 1.54) is 13.2 Å². The van der Waals surface area contributed by atoms with Crippen LogP contribution in [0.1, 0.15) is 5.56 Å². The maximum atomic E-state index is 12.1. The fourth-order valence-corrected chi connectivity index (χ4v) is 3.25. The van der Waals surface area contributed by atoms with Gasteiger partial charge < -0.3 is 20.1 Å². The average molecular weight is 493 g/mol. The number of urea groups is 1. The first-order valence-corrected chi connectivity index (χ1v) is 9.23. The molecule has 0 aromatic heterocycles. The van der Waals surface area contributed by atoms with Crippen molar-refractivity contribution < 1.29 is 23.9 Å².